The number of hydrogen-bond donors (Lipinski definition) is 4. The fraction of sp³-hybridized carbons (Fsp3) is 0.600. The minimum Gasteiger partial charge on any atom is -0.493 e. The molecule has 1 aliphatic heterocycles. The molecule has 0 saturated heterocycles. The Morgan fingerprint density at radius 1 is 1.21 bits per heavy atom. The second-order valence-corrected chi connectivity index (χ2v) is 9.24. The van der Waals surface area contributed by atoms with Gasteiger partial charge in [0.2, 0.25) is 11.8 Å². The maximum atomic E-state index is 13.2. The Morgan fingerprint density at radius 2 is 1.94 bits per heavy atom. The summed E-state index contributed by atoms with van der Waals surface area (Å²) in [5.74, 6) is -0.331. The summed E-state index contributed by atoms with van der Waals surface area (Å²) >= 11 is 0. The number of nitrogens with zero attached hydrogens (tertiary/aromatic N) is 1. The highest BCUT2D eigenvalue weighted by molar-refractivity contribution is 5.96. The lowest BCUT2D eigenvalue weighted by molar-refractivity contribution is -0.139. The molecule has 4 rings (SSSR count). The number of methoxy groups -OCH3 is 1. The molecule has 0 aromatic heterocycles. The first-order valence-corrected chi connectivity index (χ1v) is 12.0. The summed E-state index contributed by atoms with van der Waals surface area (Å²) < 4.78 is 11.7. The van der Waals surface area contributed by atoms with E-state index in [0.717, 1.165) is 32.1 Å². The number of ether oxygens (including phenoxy) is 2. The van der Waals surface area contributed by atoms with Gasteiger partial charge in [-0.1, -0.05) is 19.3 Å². The van der Waals surface area contributed by atoms with Gasteiger partial charge < -0.3 is 35.0 Å². The number of amides is 2. The molecule has 1 fully saturated rings. The third-order valence-corrected chi connectivity index (χ3v) is 7.15. The van der Waals surface area contributed by atoms with Gasteiger partial charge in [0.15, 0.2) is 11.5 Å². The summed E-state index contributed by atoms with van der Waals surface area (Å²) in [7, 11) is 1.49. The van der Waals surface area contributed by atoms with Crippen LogP contribution in [0.3, 0.4) is 0 Å². The molecule has 0 unspecified atom stereocenters. The molecular weight excluding hydrogens is 440 g/mol. The van der Waals surface area contributed by atoms with Gasteiger partial charge in [0.1, 0.15) is 12.2 Å². The topological polar surface area (TPSA) is 129 Å². The van der Waals surface area contributed by atoms with Gasteiger partial charge in [-0.2, -0.15) is 0 Å². The number of aliphatic hydroxyl groups excluding tert-OH is 3. The van der Waals surface area contributed by atoms with E-state index in [0.29, 0.717) is 28.2 Å². The summed E-state index contributed by atoms with van der Waals surface area (Å²) in [6.45, 7) is 1.14. The molecule has 1 heterocycles. The van der Waals surface area contributed by atoms with Crippen LogP contribution in [0, 0.1) is 0 Å². The zero-order chi connectivity index (χ0) is 24.4. The van der Waals surface area contributed by atoms with Gasteiger partial charge in [0, 0.05) is 30.6 Å². The Morgan fingerprint density at radius 3 is 2.56 bits per heavy atom. The molecular formula is C25H34N2O7. The SMILES string of the molecule is COc1cc(CO)cc2c1O[C@@H]1[C@@H](O)[C@H](N(C(C)=O)C3CCCCC3)C=C(C(=O)NCCO)[C@H]21. The van der Waals surface area contributed by atoms with Crippen LogP contribution in [0.25, 0.3) is 0 Å². The summed E-state index contributed by atoms with van der Waals surface area (Å²) in [6.07, 6.45) is 4.66. The largest absolute Gasteiger partial charge is 0.493 e. The molecule has 1 aromatic rings. The Bertz CT molecular complexity index is 957. The van der Waals surface area contributed by atoms with Crippen LogP contribution in [0.1, 0.15) is 56.1 Å². The van der Waals surface area contributed by atoms with Crippen molar-refractivity contribution in [3.63, 3.8) is 0 Å². The maximum absolute atomic E-state index is 13.2. The number of fused-ring (bicyclic) bond motifs is 3. The summed E-state index contributed by atoms with van der Waals surface area (Å²) in [5.41, 5.74) is 1.61. The van der Waals surface area contributed by atoms with Crippen LogP contribution in [0.15, 0.2) is 23.8 Å². The smallest absolute Gasteiger partial charge is 0.247 e. The van der Waals surface area contributed by atoms with Crippen molar-refractivity contribution in [2.24, 2.45) is 0 Å². The van der Waals surface area contributed by atoms with Crippen LogP contribution in [-0.2, 0) is 16.2 Å². The summed E-state index contributed by atoms with van der Waals surface area (Å²) in [4.78, 5) is 27.7. The molecule has 0 radical (unpaired) electrons. The zero-order valence-electron chi connectivity index (χ0n) is 19.7. The van der Waals surface area contributed by atoms with Crippen molar-refractivity contribution >= 4 is 11.8 Å². The monoisotopic (exact) mass is 474 g/mol. The Hall–Kier alpha value is -2.62. The number of hydrogen-bond acceptors (Lipinski definition) is 7. The van der Waals surface area contributed by atoms with Crippen molar-refractivity contribution in [3.05, 3.63) is 34.9 Å². The lowest BCUT2D eigenvalue weighted by Gasteiger charge is -2.44. The fourth-order valence-electron chi connectivity index (χ4n) is 5.66. The van der Waals surface area contributed by atoms with Crippen LogP contribution in [0.4, 0.5) is 0 Å². The van der Waals surface area contributed by atoms with Gasteiger partial charge in [0.25, 0.3) is 0 Å². The van der Waals surface area contributed by atoms with Crippen molar-refractivity contribution in [1.29, 1.82) is 0 Å². The quantitative estimate of drug-likeness (QED) is 0.464. The highest BCUT2D eigenvalue weighted by Gasteiger charge is 2.52. The molecule has 1 saturated carbocycles. The van der Waals surface area contributed by atoms with Crippen molar-refractivity contribution in [1.82, 2.24) is 10.2 Å². The number of carbonyl (C=O) groups excluding carboxylic acids is 2. The minimum atomic E-state index is -1.07. The molecule has 4 atom stereocenters. The Kier molecular flexibility index (Phi) is 7.45. The molecule has 9 nitrogen and oxygen atoms in total. The lowest BCUT2D eigenvalue weighted by Crippen LogP contribution is -2.58. The highest BCUT2D eigenvalue weighted by Crippen LogP contribution is 2.51. The first-order chi connectivity index (χ1) is 16.4. The molecule has 9 heteroatoms. The molecule has 2 aliphatic carbocycles. The van der Waals surface area contributed by atoms with Gasteiger partial charge in [-0.05, 0) is 36.6 Å². The second kappa shape index (κ2) is 10.3. The van der Waals surface area contributed by atoms with Gasteiger partial charge in [-0.25, -0.2) is 0 Å². The summed E-state index contributed by atoms with van der Waals surface area (Å²) in [6, 6.07) is 2.68. The molecule has 2 amide bonds. The van der Waals surface area contributed by atoms with E-state index in [9.17, 15) is 24.9 Å². The molecule has 34 heavy (non-hydrogen) atoms. The predicted octanol–water partition coefficient (Wildman–Crippen LogP) is 0.991. The third-order valence-electron chi connectivity index (χ3n) is 7.15. The molecule has 1 aromatic carbocycles. The second-order valence-electron chi connectivity index (χ2n) is 9.24. The number of carbonyl (C=O) groups is 2. The third kappa shape index (κ3) is 4.39. The van der Waals surface area contributed by atoms with Crippen LogP contribution in [0.2, 0.25) is 0 Å². The van der Waals surface area contributed by atoms with Crippen molar-refractivity contribution in [2.45, 2.75) is 75.8 Å². The van der Waals surface area contributed by atoms with Crippen molar-refractivity contribution < 1.29 is 34.4 Å². The first-order valence-electron chi connectivity index (χ1n) is 12.0. The van der Waals surface area contributed by atoms with E-state index < -0.39 is 30.1 Å². The van der Waals surface area contributed by atoms with Crippen LogP contribution >= 0.6 is 0 Å². The van der Waals surface area contributed by atoms with E-state index in [1.807, 2.05) is 0 Å². The number of benzene rings is 1. The van der Waals surface area contributed by atoms with E-state index in [1.54, 1.807) is 23.1 Å². The van der Waals surface area contributed by atoms with Gasteiger partial charge in [0.05, 0.1) is 32.3 Å². The van der Waals surface area contributed by atoms with Gasteiger partial charge in [-0.3, -0.25) is 9.59 Å². The van der Waals surface area contributed by atoms with E-state index >= 15 is 0 Å². The van der Waals surface area contributed by atoms with E-state index in [-0.39, 0.29) is 31.7 Å². The van der Waals surface area contributed by atoms with Crippen LogP contribution < -0.4 is 14.8 Å². The van der Waals surface area contributed by atoms with E-state index in [1.165, 1.54) is 14.0 Å². The number of nitrogens with one attached hydrogen (secondary N) is 1. The lowest BCUT2D eigenvalue weighted by atomic mass is 9.76. The fourth-order valence-corrected chi connectivity index (χ4v) is 5.66. The van der Waals surface area contributed by atoms with Crippen molar-refractivity contribution in [3.8, 4) is 11.5 Å². The van der Waals surface area contributed by atoms with E-state index in [4.69, 9.17) is 9.47 Å². The standard InChI is InChI=1S/C25H34N2O7/c1-14(30)27(16-6-4-3-5-7-16)19-12-18(25(32)26-8-9-28)21-17-10-15(13-29)11-20(33-2)23(17)34-24(21)22(19)31/h10-12,16,19,21-22,24,28-29,31H,3-9,13H2,1-2H3,(H,26,32)/t19-,21+,22+,24+/m1/s1. The Balaban J connectivity index is 1.80. The molecule has 0 bridgehead atoms. The number of aliphatic hydroxyl groups is 3. The molecule has 0 spiro atoms. The minimum absolute atomic E-state index is 0.0141. The maximum Gasteiger partial charge on any atom is 0.247 e. The Labute approximate surface area is 199 Å². The molecule has 4 N–H and O–H groups in total. The van der Waals surface area contributed by atoms with E-state index in [2.05, 4.69) is 5.32 Å². The zero-order valence-corrected chi connectivity index (χ0v) is 19.7. The molecule has 186 valence electrons. The van der Waals surface area contributed by atoms with Gasteiger partial charge in [-0.15, -0.1) is 0 Å². The first kappa shape index (κ1) is 24.5. The van der Waals surface area contributed by atoms with Crippen LogP contribution in [0.5, 0.6) is 11.5 Å². The predicted molar refractivity (Wildman–Crippen MR) is 123 cm³/mol. The van der Waals surface area contributed by atoms with Crippen molar-refractivity contribution in [2.75, 3.05) is 20.3 Å². The average molecular weight is 475 g/mol. The average Bonchev–Trinajstić information content (AvgIpc) is 3.24. The normalized spacial score (nSPS) is 26.1. The summed E-state index contributed by atoms with van der Waals surface area (Å²) in [5, 5.41) is 33.2. The number of rotatable bonds is 7. The van der Waals surface area contributed by atoms with Gasteiger partial charge >= 0.3 is 0 Å². The highest BCUT2D eigenvalue weighted by atomic mass is 16.5. The van der Waals surface area contributed by atoms with Crippen LogP contribution in [-0.4, -0.2) is 76.6 Å². The molecule has 3 aliphatic rings.